The van der Waals surface area contributed by atoms with Crippen LogP contribution >= 0.6 is 0 Å². The van der Waals surface area contributed by atoms with Crippen molar-refractivity contribution >= 4 is 0 Å². The molecule has 0 heterocycles. The molecule has 0 aliphatic heterocycles. The smallest absolute Gasteiger partial charge is 0.0316 e. The highest BCUT2D eigenvalue weighted by atomic mass is 13.9. The molecule has 0 saturated carbocycles. The summed E-state index contributed by atoms with van der Waals surface area (Å²) in [5.74, 6) is 0. The Morgan fingerprint density at radius 1 is 0.125 bits per heavy atom. The van der Waals surface area contributed by atoms with Crippen LogP contribution in [0.25, 0.3) is 0 Å². The lowest BCUT2D eigenvalue weighted by atomic mass is 10.1. The van der Waals surface area contributed by atoms with E-state index in [1.165, 1.54) is 0 Å². The largest absolute Gasteiger partial charge is 0.0882 e. The van der Waals surface area contributed by atoms with Crippen LogP contribution in [0.5, 0.6) is 0 Å². The van der Waals surface area contributed by atoms with Crippen molar-refractivity contribution in [2.24, 2.45) is 0 Å². The molecule has 0 saturated heterocycles. The Hall–Kier alpha value is -2.08. The molecule has 0 amide bonds. The number of hydrogen-bond acceptors (Lipinski definition) is 0. The fraction of sp³-hybridized carbons (Fsp3) is 0.500. The van der Waals surface area contributed by atoms with E-state index in [0.29, 0.717) is 0 Å². The Morgan fingerprint density at radius 3 is 0.250 bits per heavy atom. The van der Waals surface area contributed by atoms with E-state index in [4.69, 9.17) is 0 Å². The molecule has 1 rings (SSSR count). The van der Waals surface area contributed by atoms with Gasteiger partial charge in [0.1, 0.15) is 0 Å². The third kappa shape index (κ3) is 22.6. The molecule has 176 valence electrons. The maximum absolute atomic E-state index is 2.34. The second kappa shape index (κ2) is 25.2. The SMILES string of the molecule is C1=C\CC/C=C/CC/C=C/CC/C=C/CC/C=C/CC/C=C\CC/C=C/CC/C=C/CC/1. The first-order valence-electron chi connectivity index (χ1n) is 13.2. The summed E-state index contributed by atoms with van der Waals surface area (Å²) >= 11 is 0. The maximum atomic E-state index is 2.34. The van der Waals surface area contributed by atoms with E-state index >= 15 is 0 Å². The van der Waals surface area contributed by atoms with Gasteiger partial charge in [0, 0.05) is 0 Å². The Labute approximate surface area is 200 Å². The lowest BCUT2D eigenvalue weighted by Crippen LogP contribution is -1.71. The van der Waals surface area contributed by atoms with E-state index in [1.807, 2.05) is 0 Å². The Kier molecular flexibility index (Phi) is 22.0. The van der Waals surface area contributed by atoms with Gasteiger partial charge in [-0.1, -0.05) is 97.2 Å². The molecule has 0 aromatic carbocycles. The molecular formula is C32H48. The topological polar surface area (TPSA) is 0 Å². The van der Waals surface area contributed by atoms with Crippen molar-refractivity contribution in [3.05, 3.63) is 97.2 Å². The van der Waals surface area contributed by atoms with Crippen LogP contribution in [-0.4, -0.2) is 0 Å². The lowest BCUT2D eigenvalue weighted by Gasteiger charge is -1.92. The summed E-state index contributed by atoms with van der Waals surface area (Å²) in [6, 6.07) is 0. The van der Waals surface area contributed by atoms with E-state index in [-0.39, 0.29) is 0 Å². The quantitative estimate of drug-likeness (QED) is 0.334. The fourth-order valence-electron chi connectivity index (χ4n) is 3.43. The Bertz CT molecular complexity index is 402. The zero-order chi connectivity index (χ0) is 22.6. The predicted octanol–water partition coefficient (Wildman–Crippen LogP) is 10.7. The highest BCUT2D eigenvalue weighted by Gasteiger charge is 1.84. The van der Waals surface area contributed by atoms with E-state index in [9.17, 15) is 0 Å². The highest BCUT2D eigenvalue weighted by molar-refractivity contribution is 4.95. The molecule has 0 aromatic heterocycles. The standard InChI is InChI=1S/C32H48/c1-2-4-6-8-10-12-14-16-18-20-22-24-26-28-30-32-31-29-27-25-23-21-19-17-15-13-11-9-7-5-3-1/h1-2,7-10,15-18,23-26,31-32H,3-6,11-14,19-22,27-30H2/b2-1-,9-7+,10-8+,17-15+,18-16+,25-23-,26-24+,32-31+. The zero-order valence-electron chi connectivity index (χ0n) is 20.6. The van der Waals surface area contributed by atoms with Crippen LogP contribution in [0.1, 0.15) is 103 Å². The molecule has 0 unspecified atom stereocenters. The summed E-state index contributed by atoms with van der Waals surface area (Å²) in [6.45, 7) is 0. The van der Waals surface area contributed by atoms with Crippen molar-refractivity contribution in [3.63, 3.8) is 0 Å². The van der Waals surface area contributed by atoms with Gasteiger partial charge in [-0.3, -0.25) is 0 Å². The monoisotopic (exact) mass is 432 g/mol. The fourth-order valence-corrected chi connectivity index (χ4v) is 3.43. The minimum Gasteiger partial charge on any atom is -0.0882 e. The van der Waals surface area contributed by atoms with Crippen molar-refractivity contribution in [1.82, 2.24) is 0 Å². The molecule has 0 bridgehead atoms. The predicted molar refractivity (Wildman–Crippen MR) is 147 cm³/mol. The van der Waals surface area contributed by atoms with E-state index in [2.05, 4.69) is 97.2 Å². The van der Waals surface area contributed by atoms with Crippen molar-refractivity contribution in [1.29, 1.82) is 0 Å². The summed E-state index contributed by atoms with van der Waals surface area (Å²) in [5, 5.41) is 0. The van der Waals surface area contributed by atoms with Gasteiger partial charge in [-0.2, -0.15) is 0 Å². The van der Waals surface area contributed by atoms with Crippen LogP contribution in [0.2, 0.25) is 0 Å². The van der Waals surface area contributed by atoms with Crippen molar-refractivity contribution < 1.29 is 0 Å². The van der Waals surface area contributed by atoms with E-state index in [1.54, 1.807) is 0 Å². The molecule has 0 atom stereocenters. The van der Waals surface area contributed by atoms with Gasteiger partial charge in [0.2, 0.25) is 0 Å². The molecule has 32 heavy (non-hydrogen) atoms. The van der Waals surface area contributed by atoms with Gasteiger partial charge in [0.05, 0.1) is 0 Å². The van der Waals surface area contributed by atoms with Gasteiger partial charge in [-0.25, -0.2) is 0 Å². The molecule has 0 radical (unpaired) electrons. The first-order chi connectivity index (χ1) is 16.0. The second-order valence-corrected chi connectivity index (χ2v) is 8.39. The summed E-state index contributed by atoms with van der Waals surface area (Å²) < 4.78 is 0. The van der Waals surface area contributed by atoms with Crippen LogP contribution in [0.15, 0.2) is 97.2 Å². The van der Waals surface area contributed by atoms with Crippen LogP contribution in [-0.2, 0) is 0 Å². The van der Waals surface area contributed by atoms with Crippen molar-refractivity contribution in [2.45, 2.75) is 103 Å². The lowest BCUT2D eigenvalue weighted by molar-refractivity contribution is 0.962. The van der Waals surface area contributed by atoms with Gasteiger partial charge in [0.15, 0.2) is 0 Å². The average Bonchev–Trinajstić information content (AvgIpc) is 2.80. The average molecular weight is 433 g/mol. The number of allylic oxidation sites excluding steroid dienone is 16. The first kappa shape index (κ1) is 28.0. The summed E-state index contributed by atoms with van der Waals surface area (Å²) in [5.41, 5.74) is 0. The molecule has 1 aliphatic rings. The van der Waals surface area contributed by atoms with Crippen LogP contribution in [0.3, 0.4) is 0 Å². The molecule has 0 nitrogen and oxygen atoms in total. The molecule has 1 aliphatic carbocycles. The third-order valence-electron chi connectivity index (χ3n) is 5.33. The summed E-state index contributed by atoms with van der Waals surface area (Å²) in [4.78, 5) is 0. The Morgan fingerprint density at radius 2 is 0.188 bits per heavy atom. The van der Waals surface area contributed by atoms with Gasteiger partial charge >= 0.3 is 0 Å². The van der Waals surface area contributed by atoms with E-state index in [0.717, 1.165) is 103 Å². The summed E-state index contributed by atoms with van der Waals surface area (Å²) in [6.07, 6.45) is 56.0. The first-order valence-corrected chi connectivity index (χ1v) is 13.2. The van der Waals surface area contributed by atoms with Gasteiger partial charge in [-0.05, 0) is 103 Å². The molecule has 0 heteroatoms. The molecule has 0 spiro atoms. The normalized spacial score (nSPS) is 28.0. The number of hydrogen-bond donors (Lipinski definition) is 0. The molecular weight excluding hydrogens is 384 g/mol. The zero-order valence-corrected chi connectivity index (χ0v) is 20.6. The highest BCUT2D eigenvalue weighted by Crippen LogP contribution is 2.04. The van der Waals surface area contributed by atoms with Crippen LogP contribution < -0.4 is 0 Å². The van der Waals surface area contributed by atoms with Crippen molar-refractivity contribution in [3.8, 4) is 0 Å². The molecule has 0 aromatic rings. The van der Waals surface area contributed by atoms with Gasteiger partial charge in [-0.15, -0.1) is 0 Å². The maximum Gasteiger partial charge on any atom is -0.0316 e. The summed E-state index contributed by atoms with van der Waals surface area (Å²) in [7, 11) is 0. The van der Waals surface area contributed by atoms with Crippen LogP contribution in [0, 0.1) is 0 Å². The minimum atomic E-state index is 1.16. The second-order valence-electron chi connectivity index (χ2n) is 8.39. The molecule has 0 fully saturated rings. The van der Waals surface area contributed by atoms with Crippen molar-refractivity contribution in [2.75, 3.05) is 0 Å². The van der Waals surface area contributed by atoms with Gasteiger partial charge < -0.3 is 0 Å². The van der Waals surface area contributed by atoms with E-state index < -0.39 is 0 Å². The van der Waals surface area contributed by atoms with Gasteiger partial charge in [0.25, 0.3) is 0 Å². The van der Waals surface area contributed by atoms with Crippen LogP contribution in [0.4, 0.5) is 0 Å². The third-order valence-corrected chi connectivity index (χ3v) is 5.33. The number of rotatable bonds is 0. The Balaban J connectivity index is 2.29. The minimum absolute atomic E-state index is 1.16. The molecule has 0 N–H and O–H groups in total.